The summed E-state index contributed by atoms with van der Waals surface area (Å²) in [5.41, 5.74) is 9.89. The highest BCUT2D eigenvalue weighted by Gasteiger charge is 2.34. The Hall–Kier alpha value is -2.90. The highest BCUT2D eigenvalue weighted by molar-refractivity contribution is 5.96. The van der Waals surface area contributed by atoms with Gasteiger partial charge in [0.1, 0.15) is 17.0 Å². The van der Waals surface area contributed by atoms with Gasteiger partial charge >= 0.3 is 0 Å². The molecule has 1 saturated heterocycles. The minimum Gasteiger partial charge on any atom is -0.348 e. The smallest absolute Gasteiger partial charge is 0.270 e. The van der Waals surface area contributed by atoms with Crippen LogP contribution in [0.1, 0.15) is 72.3 Å². The molecule has 0 unspecified atom stereocenters. The zero-order valence-corrected chi connectivity index (χ0v) is 20.4. The van der Waals surface area contributed by atoms with Crippen LogP contribution in [0.3, 0.4) is 0 Å². The van der Waals surface area contributed by atoms with Gasteiger partial charge in [-0.2, -0.15) is 0 Å². The normalized spacial score (nSPS) is 19.1. The van der Waals surface area contributed by atoms with Crippen molar-refractivity contribution in [2.24, 2.45) is 5.73 Å². The van der Waals surface area contributed by atoms with Crippen molar-refractivity contribution >= 4 is 16.8 Å². The molecule has 3 aromatic rings. The number of fused-ring (bicyclic) bond motifs is 1. The first-order chi connectivity index (χ1) is 16.9. The Balaban J connectivity index is 1.36. The number of nitrogens with zero attached hydrogens (tertiary/aromatic N) is 3. The number of benzene rings is 1. The number of rotatable bonds is 5. The number of aromatic nitrogens is 2. The third-order valence-corrected chi connectivity index (χ3v) is 7.62. The lowest BCUT2D eigenvalue weighted by atomic mass is 9.84. The molecule has 2 aliphatic rings. The highest BCUT2D eigenvalue weighted by Crippen LogP contribution is 2.31. The Kier molecular flexibility index (Phi) is 6.80. The van der Waals surface area contributed by atoms with Gasteiger partial charge in [0.05, 0.1) is 11.2 Å². The zero-order valence-electron chi connectivity index (χ0n) is 20.4. The molecule has 0 radical (unpaired) electrons. The minimum absolute atomic E-state index is 0.174. The van der Waals surface area contributed by atoms with Gasteiger partial charge < -0.3 is 11.1 Å². The van der Waals surface area contributed by atoms with E-state index in [-0.39, 0.29) is 23.2 Å². The lowest BCUT2D eigenvalue weighted by Gasteiger charge is -2.39. The van der Waals surface area contributed by atoms with Gasteiger partial charge in [0.15, 0.2) is 0 Å². The average molecular weight is 476 g/mol. The fourth-order valence-corrected chi connectivity index (χ4v) is 5.45. The molecule has 1 aliphatic carbocycles. The Labute approximate surface area is 206 Å². The highest BCUT2D eigenvalue weighted by atomic mass is 19.1. The van der Waals surface area contributed by atoms with Crippen LogP contribution in [0.25, 0.3) is 10.9 Å². The summed E-state index contributed by atoms with van der Waals surface area (Å²) in [4.78, 5) is 24.3. The molecule has 1 aliphatic heterocycles. The van der Waals surface area contributed by atoms with Crippen LogP contribution in [-0.2, 0) is 12.1 Å². The number of likely N-dealkylation sites (tertiary alicyclic amines) is 1. The van der Waals surface area contributed by atoms with Gasteiger partial charge in [-0.25, -0.2) is 9.37 Å². The molecule has 35 heavy (non-hydrogen) atoms. The van der Waals surface area contributed by atoms with Crippen LogP contribution in [0, 0.1) is 12.7 Å². The summed E-state index contributed by atoms with van der Waals surface area (Å²) in [5.74, 6) is -0.616. The molecule has 6 nitrogen and oxygen atoms in total. The van der Waals surface area contributed by atoms with Crippen molar-refractivity contribution in [3.63, 3.8) is 0 Å². The van der Waals surface area contributed by atoms with Crippen molar-refractivity contribution in [1.82, 2.24) is 20.2 Å². The average Bonchev–Trinajstić information content (AvgIpc) is 2.86. The molecule has 0 atom stereocenters. The summed E-state index contributed by atoms with van der Waals surface area (Å²) in [6, 6.07) is 11.1. The standard InChI is InChI=1S/C28H34FN5O/c1-19-10-13-31-25(16-19)28(30)11-14-34(15-12-28)18-20-17-24(27(35)32-21-6-3-2-4-7-21)33-26-22(20)8-5-9-23(26)29/h5,8-10,13,16-17,21H,2-4,6-7,11-12,14-15,18,30H2,1H3,(H,32,35). The first kappa shape index (κ1) is 23.8. The molecule has 5 rings (SSSR count). The number of nitrogens with one attached hydrogen (secondary N) is 1. The summed E-state index contributed by atoms with van der Waals surface area (Å²) < 4.78 is 14.7. The van der Waals surface area contributed by atoms with Crippen molar-refractivity contribution in [3.8, 4) is 0 Å². The Morgan fingerprint density at radius 2 is 1.94 bits per heavy atom. The van der Waals surface area contributed by atoms with E-state index in [4.69, 9.17) is 5.73 Å². The molecule has 0 bridgehead atoms. The third kappa shape index (κ3) is 5.21. The van der Waals surface area contributed by atoms with Crippen molar-refractivity contribution in [2.75, 3.05) is 13.1 Å². The molecule has 1 saturated carbocycles. The van der Waals surface area contributed by atoms with Crippen LogP contribution >= 0.6 is 0 Å². The van der Waals surface area contributed by atoms with Crippen LogP contribution in [0.4, 0.5) is 4.39 Å². The maximum atomic E-state index is 14.7. The van der Waals surface area contributed by atoms with Gasteiger partial charge in [-0.05, 0) is 68.0 Å². The molecule has 1 aromatic carbocycles. The fraction of sp³-hybridized carbons (Fsp3) is 0.464. The number of para-hydroxylation sites is 1. The Morgan fingerprint density at radius 3 is 2.69 bits per heavy atom. The molecular weight excluding hydrogens is 441 g/mol. The number of aryl methyl sites for hydroxylation is 1. The van der Waals surface area contributed by atoms with Gasteiger partial charge in [-0.1, -0.05) is 31.4 Å². The van der Waals surface area contributed by atoms with E-state index in [1.165, 1.54) is 12.5 Å². The number of carbonyl (C=O) groups is 1. The van der Waals surface area contributed by atoms with E-state index in [1.54, 1.807) is 6.07 Å². The molecule has 0 spiro atoms. The van der Waals surface area contributed by atoms with E-state index in [0.29, 0.717) is 6.54 Å². The van der Waals surface area contributed by atoms with E-state index >= 15 is 0 Å². The number of piperidine rings is 1. The lowest BCUT2D eigenvalue weighted by molar-refractivity contribution is 0.0922. The van der Waals surface area contributed by atoms with E-state index in [2.05, 4.69) is 33.2 Å². The second kappa shape index (κ2) is 9.99. The maximum absolute atomic E-state index is 14.7. The number of hydrogen-bond donors (Lipinski definition) is 2. The Morgan fingerprint density at radius 1 is 1.17 bits per heavy atom. The first-order valence-electron chi connectivity index (χ1n) is 12.7. The predicted molar refractivity (Wildman–Crippen MR) is 135 cm³/mol. The van der Waals surface area contributed by atoms with E-state index in [1.807, 2.05) is 24.4 Å². The molecule has 3 heterocycles. The molecule has 1 amide bonds. The van der Waals surface area contributed by atoms with E-state index < -0.39 is 11.4 Å². The number of halogens is 1. The van der Waals surface area contributed by atoms with Crippen LogP contribution in [0.2, 0.25) is 0 Å². The molecule has 7 heteroatoms. The number of pyridine rings is 2. The number of carbonyl (C=O) groups excluding carboxylic acids is 1. The molecule has 2 fully saturated rings. The summed E-state index contributed by atoms with van der Waals surface area (Å²) >= 11 is 0. The van der Waals surface area contributed by atoms with Gasteiger partial charge in [0.25, 0.3) is 5.91 Å². The number of hydrogen-bond acceptors (Lipinski definition) is 5. The fourth-order valence-electron chi connectivity index (χ4n) is 5.45. The zero-order chi connectivity index (χ0) is 24.4. The summed E-state index contributed by atoms with van der Waals surface area (Å²) in [7, 11) is 0. The van der Waals surface area contributed by atoms with Gasteiger partial charge in [-0.15, -0.1) is 0 Å². The lowest BCUT2D eigenvalue weighted by Crippen LogP contribution is -2.48. The molecular formula is C28H34FN5O. The topological polar surface area (TPSA) is 84.1 Å². The largest absolute Gasteiger partial charge is 0.348 e. The van der Waals surface area contributed by atoms with E-state index in [0.717, 1.165) is 73.8 Å². The van der Waals surface area contributed by atoms with Crippen molar-refractivity contribution in [3.05, 3.63) is 70.9 Å². The van der Waals surface area contributed by atoms with Crippen molar-refractivity contribution in [2.45, 2.75) is 70.0 Å². The van der Waals surface area contributed by atoms with Crippen LogP contribution in [-0.4, -0.2) is 39.9 Å². The van der Waals surface area contributed by atoms with Gasteiger partial charge in [0, 0.05) is 37.3 Å². The third-order valence-electron chi connectivity index (χ3n) is 7.62. The predicted octanol–water partition coefficient (Wildman–Crippen LogP) is 4.59. The van der Waals surface area contributed by atoms with E-state index in [9.17, 15) is 9.18 Å². The monoisotopic (exact) mass is 475 g/mol. The maximum Gasteiger partial charge on any atom is 0.270 e. The van der Waals surface area contributed by atoms with Gasteiger partial charge in [0.2, 0.25) is 0 Å². The Bertz CT molecular complexity index is 1220. The number of amides is 1. The SMILES string of the molecule is Cc1ccnc(C2(N)CCN(Cc3cc(C(=O)NC4CCCCC4)nc4c(F)cccc34)CC2)c1. The molecule has 2 aromatic heterocycles. The molecule has 184 valence electrons. The van der Waals surface area contributed by atoms with Crippen LogP contribution < -0.4 is 11.1 Å². The number of nitrogens with two attached hydrogens (primary N) is 1. The van der Waals surface area contributed by atoms with Crippen LogP contribution in [0.5, 0.6) is 0 Å². The van der Waals surface area contributed by atoms with Crippen molar-refractivity contribution < 1.29 is 9.18 Å². The van der Waals surface area contributed by atoms with Gasteiger partial charge in [-0.3, -0.25) is 14.7 Å². The van der Waals surface area contributed by atoms with Crippen molar-refractivity contribution in [1.29, 1.82) is 0 Å². The summed E-state index contributed by atoms with van der Waals surface area (Å²) in [6.45, 7) is 4.27. The summed E-state index contributed by atoms with van der Waals surface area (Å²) in [6.07, 6.45) is 8.86. The molecule has 3 N–H and O–H groups in total. The second-order valence-electron chi connectivity index (χ2n) is 10.3. The minimum atomic E-state index is -0.444. The van der Waals surface area contributed by atoms with Crippen LogP contribution in [0.15, 0.2) is 42.6 Å². The second-order valence-corrected chi connectivity index (χ2v) is 10.3. The quantitative estimate of drug-likeness (QED) is 0.564. The first-order valence-corrected chi connectivity index (χ1v) is 12.7. The summed E-state index contributed by atoms with van der Waals surface area (Å²) in [5, 5.41) is 3.88.